The fourth-order valence-electron chi connectivity index (χ4n) is 3.11. The van der Waals surface area contributed by atoms with Gasteiger partial charge in [-0.25, -0.2) is 9.59 Å². The van der Waals surface area contributed by atoms with Crippen molar-refractivity contribution >= 4 is 46.5 Å². The van der Waals surface area contributed by atoms with Crippen molar-refractivity contribution in [2.24, 2.45) is 0 Å². The molecule has 2 aromatic rings. The number of benzene rings is 2. The van der Waals surface area contributed by atoms with Gasteiger partial charge in [-0.15, -0.1) is 0 Å². The van der Waals surface area contributed by atoms with E-state index < -0.39 is 46.8 Å². The fourth-order valence-corrected chi connectivity index (χ4v) is 3.11. The van der Waals surface area contributed by atoms with Gasteiger partial charge in [0.1, 0.15) is 0 Å². The zero-order chi connectivity index (χ0) is 30.0. The summed E-state index contributed by atoms with van der Waals surface area (Å²) < 4.78 is 19.3. The molecule has 2 aromatic carbocycles. The maximum Gasteiger partial charge on any atom is 0.331 e. The van der Waals surface area contributed by atoms with E-state index in [9.17, 15) is 39.4 Å². The van der Waals surface area contributed by atoms with E-state index >= 15 is 0 Å². The van der Waals surface area contributed by atoms with E-state index in [2.05, 4.69) is 10.6 Å². The Morgan fingerprint density at radius 1 is 0.725 bits per heavy atom. The molecular formula is C24H24N4O12. The lowest BCUT2D eigenvalue weighted by atomic mass is 10.1. The Kier molecular flexibility index (Phi) is 10.6. The van der Waals surface area contributed by atoms with Crippen molar-refractivity contribution in [2.45, 2.75) is 13.8 Å². The van der Waals surface area contributed by atoms with E-state index in [4.69, 9.17) is 18.9 Å². The summed E-state index contributed by atoms with van der Waals surface area (Å²) >= 11 is 0. The lowest BCUT2D eigenvalue weighted by Crippen LogP contribution is -2.21. The van der Waals surface area contributed by atoms with Crippen molar-refractivity contribution in [1.29, 1.82) is 0 Å². The number of rotatable bonds is 12. The number of nitrogens with zero attached hydrogens (tertiary/aromatic N) is 2. The summed E-state index contributed by atoms with van der Waals surface area (Å²) in [6.07, 6.45) is 1.36. The first-order chi connectivity index (χ1) is 18.9. The highest BCUT2D eigenvalue weighted by Gasteiger charge is 2.20. The molecule has 0 unspecified atom stereocenters. The van der Waals surface area contributed by atoms with Gasteiger partial charge in [-0.1, -0.05) is 0 Å². The van der Waals surface area contributed by atoms with E-state index in [-0.39, 0.29) is 34.2 Å². The topological polar surface area (TPSA) is 216 Å². The summed E-state index contributed by atoms with van der Waals surface area (Å²) in [4.78, 5) is 68.7. The van der Waals surface area contributed by atoms with Crippen LogP contribution >= 0.6 is 0 Å². The number of ether oxygens (including phenoxy) is 4. The number of nitro groups is 2. The number of aryl methyl sites for hydroxylation is 2. The van der Waals surface area contributed by atoms with Crippen molar-refractivity contribution in [2.75, 3.05) is 38.1 Å². The second-order valence-electron chi connectivity index (χ2n) is 7.84. The fraction of sp³-hybridized carbons (Fsp3) is 0.250. The lowest BCUT2D eigenvalue weighted by Gasteiger charge is -2.11. The number of carbonyl (C=O) groups is 4. The van der Waals surface area contributed by atoms with E-state index in [1.54, 1.807) is 0 Å². The summed E-state index contributed by atoms with van der Waals surface area (Å²) in [6, 6.07) is 4.91. The number of nitro benzene ring substituents is 2. The molecule has 2 rings (SSSR count). The third-order valence-electron chi connectivity index (χ3n) is 5.04. The smallest absolute Gasteiger partial charge is 0.331 e. The summed E-state index contributed by atoms with van der Waals surface area (Å²) in [5, 5.41) is 27.0. The van der Waals surface area contributed by atoms with Gasteiger partial charge < -0.3 is 29.6 Å². The highest BCUT2D eigenvalue weighted by atomic mass is 16.6. The van der Waals surface area contributed by atoms with Gasteiger partial charge in [-0.3, -0.25) is 29.8 Å². The van der Waals surface area contributed by atoms with Crippen LogP contribution in [0.4, 0.5) is 22.7 Å². The molecule has 2 N–H and O–H groups in total. The minimum Gasteiger partial charge on any atom is -0.490 e. The van der Waals surface area contributed by atoms with Crippen LogP contribution in [0.2, 0.25) is 0 Å². The van der Waals surface area contributed by atoms with Gasteiger partial charge >= 0.3 is 23.3 Å². The first kappa shape index (κ1) is 30.7. The standard InChI is InChI=1S/C24H24N4O12/c1-13-7-17(27(33)34)19(37-3)9-15(13)25-21(29)11-39-23(31)5-6-24(32)40-12-22(30)26-16-10-20(38-4)18(28(35)36)8-14(16)2/h5-10H,11-12H2,1-4H3,(H,25,29)(H,26,30)/b6-5+. The van der Waals surface area contributed by atoms with Crippen molar-refractivity contribution in [3.8, 4) is 11.5 Å². The van der Waals surface area contributed by atoms with Crippen LogP contribution in [0.25, 0.3) is 0 Å². The van der Waals surface area contributed by atoms with Gasteiger partial charge in [0.25, 0.3) is 11.8 Å². The second kappa shape index (κ2) is 13.8. The van der Waals surface area contributed by atoms with Crippen molar-refractivity contribution in [1.82, 2.24) is 0 Å². The van der Waals surface area contributed by atoms with Gasteiger partial charge in [0.15, 0.2) is 24.7 Å². The van der Waals surface area contributed by atoms with Gasteiger partial charge in [-0.2, -0.15) is 0 Å². The minimum absolute atomic E-state index is 0.0828. The van der Waals surface area contributed by atoms with Crippen LogP contribution in [0.3, 0.4) is 0 Å². The molecule has 0 aliphatic carbocycles. The Morgan fingerprint density at radius 3 is 1.38 bits per heavy atom. The van der Waals surface area contributed by atoms with Crippen LogP contribution in [-0.4, -0.2) is 61.0 Å². The Labute approximate surface area is 226 Å². The SMILES string of the molecule is COc1cc(NC(=O)COC(=O)/C=C/C(=O)OCC(=O)Nc2cc(OC)c([N+](=O)[O-])cc2C)c(C)cc1[N+](=O)[O-]. The minimum atomic E-state index is -1.07. The molecule has 0 heterocycles. The molecule has 0 fully saturated rings. The van der Waals surface area contributed by atoms with Gasteiger partial charge in [-0.05, 0) is 25.0 Å². The molecule has 212 valence electrons. The maximum absolute atomic E-state index is 12.1. The summed E-state index contributed by atoms with van der Waals surface area (Å²) in [7, 11) is 2.46. The third-order valence-corrected chi connectivity index (χ3v) is 5.04. The maximum atomic E-state index is 12.1. The monoisotopic (exact) mass is 560 g/mol. The molecule has 40 heavy (non-hydrogen) atoms. The zero-order valence-electron chi connectivity index (χ0n) is 21.7. The normalized spacial score (nSPS) is 10.4. The average molecular weight is 560 g/mol. The molecule has 0 aliphatic rings. The molecule has 16 nitrogen and oxygen atoms in total. The first-order valence-corrected chi connectivity index (χ1v) is 11.1. The number of amides is 2. The number of methoxy groups -OCH3 is 2. The Bertz CT molecular complexity index is 1280. The zero-order valence-corrected chi connectivity index (χ0v) is 21.7. The van der Waals surface area contributed by atoms with E-state index in [0.717, 1.165) is 0 Å². The van der Waals surface area contributed by atoms with Crippen LogP contribution in [0, 0.1) is 34.1 Å². The number of anilines is 2. The average Bonchev–Trinajstić information content (AvgIpc) is 2.91. The third kappa shape index (κ3) is 8.51. The van der Waals surface area contributed by atoms with Crippen molar-refractivity contribution in [3.63, 3.8) is 0 Å². The van der Waals surface area contributed by atoms with Crippen LogP contribution in [-0.2, 0) is 28.7 Å². The van der Waals surface area contributed by atoms with Gasteiger partial charge in [0, 0.05) is 47.8 Å². The Morgan fingerprint density at radius 2 is 1.07 bits per heavy atom. The summed E-state index contributed by atoms with van der Waals surface area (Å²) in [5.41, 5.74) is 0.538. The number of esters is 2. The molecule has 0 atom stereocenters. The molecule has 2 amide bonds. The van der Waals surface area contributed by atoms with Gasteiger partial charge in [0.2, 0.25) is 0 Å². The predicted molar refractivity (Wildman–Crippen MR) is 137 cm³/mol. The van der Waals surface area contributed by atoms with Crippen molar-refractivity contribution < 1.29 is 48.0 Å². The quantitative estimate of drug-likeness (QED) is 0.165. The number of carbonyl (C=O) groups excluding carboxylic acids is 4. The Hall–Kier alpha value is -5.54. The van der Waals surface area contributed by atoms with Crippen molar-refractivity contribution in [3.05, 3.63) is 67.8 Å². The molecule has 0 saturated carbocycles. The lowest BCUT2D eigenvalue weighted by molar-refractivity contribution is -0.385. The Balaban J connectivity index is 1.84. The molecule has 0 aromatic heterocycles. The molecule has 0 spiro atoms. The van der Waals surface area contributed by atoms with Crippen LogP contribution in [0.5, 0.6) is 11.5 Å². The molecule has 0 radical (unpaired) electrons. The summed E-state index contributed by atoms with van der Waals surface area (Å²) in [5.74, 6) is -3.83. The van der Waals surface area contributed by atoms with Crippen LogP contribution < -0.4 is 20.1 Å². The van der Waals surface area contributed by atoms with E-state index in [0.29, 0.717) is 23.3 Å². The van der Waals surface area contributed by atoms with Crippen LogP contribution in [0.1, 0.15) is 11.1 Å². The molecular weight excluding hydrogens is 536 g/mol. The van der Waals surface area contributed by atoms with E-state index in [1.807, 2.05) is 0 Å². The van der Waals surface area contributed by atoms with Gasteiger partial charge in [0.05, 0.1) is 24.1 Å². The highest BCUT2D eigenvalue weighted by molar-refractivity contribution is 5.97. The second-order valence-corrected chi connectivity index (χ2v) is 7.84. The summed E-state index contributed by atoms with van der Waals surface area (Å²) in [6.45, 7) is 1.56. The largest absolute Gasteiger partial charge is 0.490 e. The molecule has 16 heteroatoms. The highest BCUT2D eigenvalue weighted by Crippen LogP contribution is 2.33. The van der Waals surface area contributed by atoms with E-state index in [1.165, 1.54) is 52.3 Å². The van der Waals surface area contributed by atoms with Crippen LogP contribution in [0.15, 0.2) is 36.4 Å². The number of hydrogen-bond acceptors (Lipinski definition) is 12. The number of hydrogen-bond donors (Lipinski definition) is 2. The molecule has 0 aliphatic heterocycles. The predicted octanol–water partition coefficient (Wildman–Crippen LogP) is 2.36. The molecule has 0 saturated heterocycles. The first-order valence-electron chi connectivity index (χ1n) is 11.1. The number of nitrogens with one attached hydrogen (secondary N) is 2. The molecule has 0 bridgehead atoms.